The molecule has 0 fully saturated rings. The number of rotatable bonds is 7. The number of hydrogen-bond acceptors (Lipinski definition) is 3. The molecule has 0 saturated heterocycles. The Morgan fingerprint density at radius 2 is 1.80 bits per heavy atom. The Labute approximate surface area is 131 Å². The van der Waals surface area contributed by atoms with Gasteiger partial charge in [0.05, 0.1) is 0 Å². The Hall–Kier alpha value is -0.522. The maximum absolute atomic E-state index is 10.1. The Morgan fingerprint density at radius 3 is 2.25 bits per heavy atom. The molecule has 0 bridgehead atoms. The molecule has 8 heteroatoms. The van der Waals surface area contributed by atoms with E-state index in [9.17, 15) is 4.79 Å². The predicted molar refractivity (Wildman–Crippen MR) is 95.8 cm³/mol. The topological polar surface area (TPSA) is 55.8 Å². The summed E-state index contributed by atoms with van der Waals surface area (Å²) in [4.78, 5) is 10.1. The molecule has 0 heterocycles. The third-order valence-electron chi connectivity index (χ3n) is 3.03. The zero-order chi connectivity index (χ0) is 15.4. The van der Waals surface area contributed by atoms with Crippen LogP contribution in [0.2, 0.25) is 19.1 Å². The van der Waals surface area contributed by atoms with Gasteiger partial charge in [0.15, 0.2) is 18.1 Å². The smallest absolute Gasteiger partial charge is 0.303 e. The van der Waals surface area contributed by atoms with Crippen LogP contribution in [0.1, 0.15) is 12.8 Å². The van der Waals surface area contributed by atoms with Crippen LogP contribution in [0.15, 0.2) is 30.3 Å². The lowest BCUT2D eigenvalue weighted by atomic mass is 10.3. The number of aliphatic carboxylic acids is 1. The average molecular weight is 347 g/mol. The minimum absolute atomic E-state index is 0.294. The van der Waals surface area contributed by atoms with Crippen molar-refractivity contribution in [1.82, 2.24) is 0 Å². The molecule has 2 unspecified atom stereocenters. The largest absolute Gasteiger partial charge is 0.481 e. The van der Waals surface area contributed by atoms with E-state index in [0.717, 1.165) is 33.4 Å². The Kier molecular flexibility index (Phi) is 11.9. The van der Waals surface area contributed by atoms with Gasteiger partial charge in [0, 0.05) is 6.42 Å². The van der Waals surface area contributed by atoms with Gasteiger partial charge in [-0.05, 0) is 30.7 Å². The quantitative estimate of drug-likeness (QED) is 0.647. The third kappa shape index (κ3) is 10.3. The molecule has 0 spiro atoms. The number of carboxylic acid groups (broad SMARTS) is 1. The van der Waals surface area contributed by atoms with Crippen LogP contribution in [0.5, 0.6) is 0 Å². The fourth-order valence-corrected chi connectivity index (χ4v) is 5.09. The van der Waals surface area contributed by atoms with E-state index in [0.29, 0.717) is 6.42 Å². The first-order valence-electron chi connectivity index (χ1n) is 6.83. The van der Waals surface area contributed by atoms with Crippen LogP contribution in [0.4, 0.5) is 0 Å². The highest BCUT2D eigenvalue weighted by molar-refractivity contribution is 6.68. The van der Waals surface area contributed by atoms with Gasteiger partial charge in [0.25, 0.3) is 0 Å². The first-order valence-corrected chi connectivity index (χ1v) is 13.1. The van der Waals surface area contributed by atoms with Crippen LogP contribution in [-0.2, 0) is 13.0 Å². The minimum atomic E-state index is -0.978. The van der Waals surface area contributed by atoms with E-state index in [1.165, 1.54) is 5.19 Å². The second-order valence-electron chi connectivity index (χ2n) is 4.62. The first kappa shape index (κ1) is 19.5. The molecule has 1 rings (SSSR count). The van der Waals surface area contributed by atoms with Crippen LogP contribution in [0.25, 0.3) is 0 Å². The Balaban J connectivity index is 0.000000361. The summed E-state index contributed by atoms with van der Waals surface area (Å²) in [6.07, 6.45) is 1.08. The molecule has 2 atom stereocenters. The highest BCUT2D eigenvalue weighted by Gasteiger charge is 2.03. The van der Waals surface area contributed by atoms with Crippen molar-refractivity contribution in [3.63, 3.8) is 0 Å². The summed E-state index contributed by atoms with van der Waals surface area (Å²) < 4.78 is 10.6. The highest BCUT2D eigenvalue weighted by Crippen LogP contribution is 2.00. The lowest BCUT2D eigenvalue weighted by molar-refractivity contribution is -0.137. The minimum Gasteiger partial charge on any atom is -0.481 e. The van der Waals surface area contributed by atoms with Crippen molar-refractivity contribution in [2.24, 2.45) is 0 Å². The average Bonchev–Trinajstić information content (AvgIpc) is 2.47. The van der Waals surface area contributed by atoms with Gasteiger partial charge in [-0.2, -0.15) is 0 Å². The number of hydrogen-bond donors (Lipinski definition) is 1. The zero-order valence-corrected chi connectivity index (χ0v) is 19.1. The molecule has 0 saturated carbocycles. The maximum atomic E-state index is 10.1. The second kappa shape index (κ2) is 12.2. The Bertz CT molecular complexity index is 364. The van der Waals surface area contributed by atoms with Gasteiger partial charge in [-0.25, -0.2) is 0 Å². The molecule has 0 radical (unpaired) electrons. The van der Waals surface area contributed by atoms with E-state index in [1.54, 1.807) is 0 Å². The third-order valence-corrected chi connectivity index (χ3v) is 11.6. The van der Waals surface area contributed by atoms with Gasteiger partial charge < -0.3 is 13.3 Å². The fraction of sp³-hybridized carbons (Fsp3) is 0.417. The van der Waals surface area contributed by atoms with E-state index >= 15 is 0 Å². The molecular formula is C12H26O4Si4. The fourth-order valence-electron chi connectivity index (χ4n) is 1.52. The molecule has 0 aliphatic heterocycles. The van der Waals surface area contributed by atoms with Crippen LogP contribution >= 0.6 is 0 Å². The second-order valence-corrected chi connectivity index (χ2v) is 12.5. The summed E-state index contributed by atoms with van der Waals surface area (Å²) in [6.45, 7) is 4.32. The van der Waals surface area contributed by atoms with E-state index in [4.69, 9.17) is 13.3 Å². The summed E-state index contributed by atoms with van der Waals surface area (Å²) in [5.41, 5.74) is 0. The maximum Gasteiger partial charge on any atom is 0.303 e. The van der Waals surface area contributed by atoms with Gasteiger partial charge in [-0.15, -0.1) is 0 Å². The van der Waals surface area contributed by atoms with Gasteiger partial charge in [0.1, 0.15) is 21.0 Å². The summed E-state index contributed by atoms with van der Waals surface area (Å²) in [7, 11) is -0.250. The molecule has 4 nitrogen and oxygen atoms in total. The van der Waals surface area contributed by atoms with E-state index in [2.05, 4.69) is 37.4 Å². The monoisotopic (exact) mass is 346 g/mol. The SMILES string of the molecule is C[SiH](CCCC(=O)O)O[SiH3].C[SiH](O[SiH3])c1ccccc1. The molecular weight excluding hydrogens is 320 g/mol. The molecule has 114 valence electrons. The highest BCUT2D eigenvalue weighted by atomic mass is 28.3. The number of carbonyl (C=O) groups is 1. The van der Waals surface area contributed by atoms with Crippen LogP contribution in [-0.4, -0.2) is 50.1 Å². The van der Waals surface area contributed by atoms with Crippen molar-refractivity contribution in [3.05, 3.63) is 30.3 Å². The molecule has 0 aromatic heterocycles. The molecule has 0 aliphatic carbocycles. The van der Waals surface area contributed by atoms with Crippen molar-refractivity contribution in [1.29, 1.82) is 0 Å². The van der Waals surface area contributed by atoms with Gasteiger partial charge >= 0.3 is 5.97 Å². The summed E-state index contributed by atoms with van der Waals surface area (Å²) in [5.74, 6) is -0.699. The van der Waals surface area contributed by atoms with Gasteiger partial charge in [-0.1, -0.05) is 30.3 Å². The van der Waals surface area contributed by atoms with Crippen LogP contribution in [0.3, 0.4) is 0 Å². The van der Waals surface area contributed by atoms with Crippen molar-refractivity contribution in [3.8, 4) is 0 Å². The summed E-state index contributed by atoms with van der Waals surface area (Å²) >= 11 is 0. The van der Waals surface area contributed by atoms with Crippen LogP contribution in [0, 0.1) is 0 Å². The predicted octanol–water partition coefficient (Wildman–Crippen LogP) is -0.954. The van der Waals surface area contributed by atoms with Crippen molar-refractivity contribution < 1.29 is 18.1 Å². The zero-order valence-electron chi connectivity index (χ0n) is 12.8. The number of carboxylic acids is 1. The summed E-state index contributed by atoms with van der Waals surface area (Å²) in [6, 6.07) is 11.5. The summed E-state index contributed by atoms with van der Waals surface area (Å²) in [5, 5.41) is 9.68. The van der Waals surface area contributed by atoms with Crippen molar-refractivity contribution >= 4 is 50.2 Å². The van der Waals surface area contributed by atoms with Gasteiger partial charge in [-0.3, -0.25) is 4.79 Å². The molecule has 0 aliphatic rings. The number of benzene rings is 1. The molecule has 1 N–H and O–H groups in total. The molecule has 1 aromatic carbocycles. The molecule has 0 amide bonds. The lowest BCUT2D eigenvalue weighted by Gasteiger charge is -2.06. The molecule has 1 aromatic rings. The van der Waals surface area contributed by atoms with E-state index in [1.807, 2.05) is 6.07 Å². The van der Waals surface area contributed by atoms with Crippen molar-refractivity contribution in [2.75, 3.05) is 0 Å². The standard InChI is InChI=1S/C7H12OSi2.C5H14O3Si2/c1-10(8-9)7-5-3-2-4-6-7;1-10(8-9)4-2-3-5(6)7/h2-6,10H,1,9H3;10H,2-4H2,1,9H3,(H,6,7). The van der Waals surface area contributed by atoms with Crippen LogP contribution < -0.4 is 5.19 Å². The van der Waals surface area contributed by atoms with E-state index in [-0.39, 0.29) is 0 Å². The van der Waals surface area contributed by atoms with Gasteiger partial charge in [0.2, 0.25) is 0 Å². The van der Waals surface area contributed by atoms with E-state index < -0.39 is 24.0 Å². The normalized spacial score (nSPS) is 13.3. The Morgan fingerprint density at radius 1 is 1.20 bits per heavy atom. The lowest BCUT2D eigenvalue weighted by Crippen LogP contribution is -2.28. The molecule has 20 heavy (non-hydrogen) atoms. The van der Waals surface area contributed by atoms with Crippen molar-refractivity contribution in [2.45, 2.75) is 32.0 Å². The first-order chi connectivity index (χ1) is 9.51.